The lowest BCUT2D eigenvalue weighted by molar-refractivity contribution is 0.0941. The summed E-state index contributed by atoms with van der Waals surface area (Å²) in [4.78, 5) is 29.9. The first-order valence-corrected chi connectivity index (χ1v) is 8.77. The van der Waals surface area contributed by atoms with Crippen molar-refractivity contribution in [2.75, 3.05) is 5.32 Å². The maximum absolute atomic E-state index is 12.2. The minimum Gasteiger partial charge on any atom is -0.307 e. The third-order valence-electron chi connectivity index (χ3n) is 3.06. The number of para-hydroxylation sites is 1. The van der Waals surface area contributed by atoms with E-state index in [1.165, 1.54) is 11.3 Å². The van der Waals surface area contributed by atoms with Crippen LogP contribution >= 0.6 is 22.7 Å². The summed E-state index contributed by atoms with van der Waals surface area (Å²) in [5.74, 6) is -0.393. The summed E-state index contributed by atoms with van der Waals surface area (Å²) in [6, 6.07) is 12.3. The van der Waals surface area contributed by atoms with Gasteiger partial charge in [-0.1, -0.05) is 24.3 Å². The highest BCUT2D eigenvalue weighted by molar-refractivity contribution is 7.22. The van der Waals surface area contributed by atoms with Gasteiger partial charge in [0.1, 0.15) is 9.88 Å². The highest BCUT2D eigenvalue weighted by Gasteiger charge is 2.17. The third kappa shape index (κ3) is 3.79. The predicted molar refractivity (Wildman–Crippen MR) is 96.2 cm³/mol. The average Bonchev–Trinajstić information content (AvgIpc) is 3.23. The Morgan fingerprint density at radius 3 is 2.54 bits per heavy atom. The van der Waals surface area contributed by atoms with Crippen LogP contribution in [0.25, 0.3) is 9.88 Å². The number of hydrogen-bond donors (Lipinski definition) is 3. The molecule has 24 heavy (non-hydrogen) atoms. The van der Waals surface area contributed by atoms with Crippen LogP contribution in [0, 0.1) is 6.92 Å². The number of thiophene rings is 1. The van der Waals surface area contributed by atoms with E-state index < -0.39 is 11.9 Å². The van der Waals surface area contributed by atoms with Crippen molar-refractivity contribution in [2.24, 2.45) is 0 Å². The summed E-state index contributed by atoms with van der Waals surface area (Å²) in [6.45, 7) is 1.77. The second-order valence-corrected chi connectivity index (χ2v) is 6.76. The lowest BCUT2D eigenvalue weighted by Gasteiger charge is -2.08. The molecule has 0 aliphatic heterocycles. The Labute approximate surface area is 146 Å². The molecule has 0 aliphatic carbocycles. The number of carbonyl (C=O) groups excluding carboxylic acids is 2. The second kappa shape index (κ2) is 7.24. The standard InChI is InChI=1S/C16H14N4O2S2/c1-10-13(24-15(17-10)12-8-5-9-23-12)14(21)19-20-16(22)18-11-6-3-2-4-7-11/h2-9H,1H3,(H,19,21)(H2,18,20,22). The first-order valence-electron chi connectivity index (χ1n) is 7.07. The molecule has 1 aromatic carbocycles. The maximum Gasteiger partial charge on any atom is 0.337 e. The Hall–Kier alpha value is -2.71. The molecule has 3 amide bonds. The minimum atomic E-state index is -0.518. The zero-order valence-corrected chi connectivity index (χ0v) is 14.3. The molecular weight excluding hydrogens is 344 g/mol. The van der Waals surface area contributed by atoms with Gasteiger partial charge in [0.15, 0.2) is 0 Å². The van der Waals surface area contributed by atoms with E-state index >= 15 is 0 Å². The van der Waals surface area contributed by atoms with Gasteiger partial charge in [-0.15, -0.1) is 22.7 Å². The van der Waals surface area contributed by atoms with E-state index in [0.29, 0.717) is 16.3 Å². The number of nitrogens with one attached hydrogen (secondary N) is 3. The summed E-state index contributed by atoms with van der Waals surface area (Å²) in [5.41, 5.74) is 5.99. The number of amides is 3. The van der Waals surface area contributed by atoms with Crippen LogP contribution in [-0.2, 0) is 0 Å². The molecule has 0 unspecified atom stereocenters. The first-order chi connectivity index (χ1) is 11.6. The molecular formula is C16H14N4O2S2. The maximum atomic E-state index is 12.2. The van der Waals surface area contributed by atoms with Gasteiger partial charge in [-0.2, -0.15) is 0 Å². The van der Waals surface area contributed by atoms with Crippen molar-refractivity contribution < 1.29 is 9.59 Å². The molecule has 6 nitrogen and oxygen atoms in total. The Morgan fingerprint density at radius 1 is 1.04 bits per heavy atom. The first kappa shape index (κ1) is 16.2. The Balaban J connectivity index is 1.60. The van der Waals surface area contributed by atoms with Crippen LogP contribution in [0.3, 0.4) is 0 Å². The van der Waals surface area contributed by atoms with E-state index in [1.54, 1.807) is 42.5 Å². The van der Waals surface area contributed by atoms with Crippen molar-refractivity contribution in [3.63, 3.8) is 0 Å². The van der Waals surface area contributed by atoms with E-state index in [1.807, 2.05) is 23.6 Å². The summed E-state index contributed by atoms with van der Waals surface area (Å²) < 4.78 is 0. The van der Waals surface area contributed by atoms with Crippen LogP contribution in [-0.4, -0.2) is 16.9 Å². The Bertz CT molecular complexity index is 844. The SMILES string of the molecule is Cc1nc(-c2cccs2)sc1C(=O)NNC(=O)Nc1ccccc1. The normalized spacial score (nSPS) is 10.2. The number of benzene rings is 1. The smallest absolute Gasteiger partial charge is 0.307 e. The molecule has 0 spiro atoms. The summed E-state index contributed by atoms with van der Waals surface area (Å²) in [7, 11) is 0. The molecule has 2 aromatic heterocycles. The lowest BCUT2D eigenvalue weighted by atomic mass is 10.3. The number of anilines is 1. The highest BCUT2D eigenvalue weighted by atomic mass is 32.1. The number of rotatable bonds is 3. The summed E-state index contributed by atoms with van der Waals surface area (Å²) >= 11 is 2.86. The van der Waals surface area contributed by atoms with E-state index in [-0.39, 0.29) is 0 Å². The van der Waals surface area contributed by atoms with Crippen LogP contribution in [0.2, 0.25) is 0 Å². The van der Waals surface area contributed by atoms with Crippen molar-refractivity contribution in [3.05, 3.63) is 58.4 Å². The molecule has 3 N–H and O–H groups in total. The fraction of sp³-hybridized carbons (Fsp3) is 0.0625. The second-order valence-electron chi connectivity index (χ2n) is 4.81. The number of aromatic nitrogens is 1. The number of hydrogen-bond acceptors (Lipinski definition) is 5. The van der Waals surface area contributed by atoms with Crippen LogP contribution in [0.15, 0.2) is 47.8 Å². The average molecular weight is 358 g/mol. The zero-order valence-electron chi connectivity index (χ0n) is 12.7. The fourth-order valence-corrected chi connectivity index (χ4v) is 3.73. The summed E-state index contributed by atoms with van der Waals surface area (Å²) in [5, 5.41) is 5.37. The van der Waals surface area contributed by atoms with Gasteiger partial charge in [-0.25, -0.2) is 15.2 Å². The molecule has 0 saturated carbocycles. The number of thiazole rings is 1. The largest absolute Gasteiger partial charge is 0.337 e. The van der Waals surface area contributed by atoms with Gasteiger partial charge in [-0.05, 0) is 30.5 Å². The molecule has 0 saturated heterocycles. The van der Waals surface area contributed by atoms with Gasteiger partial charge in [-0.3, -0.25) is 10.2 Å². The Kier molecular flexibility index (Phi) is 4.88. The van der Waals surface area contributed by atoms with Crippen LogP contribution in [0.4, 0.5) is 10.5 Å². The molecule has 0 atom stereocenters. The van der Waals surface area contributed by atoms with Gasteiger partial charge in [0.05, 0.1) is 10.6 Å². The quantitative estimate of drug-likeness (QED) is 0.625. The topological polar surface area (TPSA) is 83.1 Å². The van der Waals surface area contributed by atoms with Gasteiger partial charge >= 0.3 is 6.03 Å². The third-order valence-corrected chi connectivity index (χ3v) is 5.25. The van der Waals surface area contributed by atoms with Gasteiger partial charge in [0, 0.05) is 5.69 Å². The van der Waals surface area contributed by atoms with Crippen LogP contribution < -0.4 is 16.2 Å². The molecule has 0 fully saturated rings. The van der Waals surface area contributed by atoms with Gasteiger partial charge < -0.3 is 5.32 Å². The van der Waals surface area contributed by atoms with Crippen molar-refractivity contribution in [1.29, 1.82) is 0 Å². The molecule has 2 heterocycles. The zero-order chi connectivity index (χ0) is 16.9. The number of nitrogens with zero attached hydrogens (tertiary/aromatic N) is 1. The molecule has 122 valence electrons. The fourth-order valence-electron chi connectivity index (χ4n) is 1.97. The van der Waals surface area contributed by atoms with E-state index in [9.17, 15) is 9.59 Å². The lowest BCUT2D eigenvalue weighted by Crippen LogP contribution is -2.43. The molecule has 8 heteroatoms. The van der Waals surface area contributed by atoms with Gasteiger partial charge in [0.25, 0.3) is 5.91 Å². The van der Waals surface area contributed by atoms with E-state index in [4.69, 9.17) is 0 Å². The van der Waals surface area contributed by atoms with Crippen molar-refractivity contribution in [2.45, 2.75) is 6.92 Å². The number of aryl methyl sites for hydroxylation is 1. The highest BCUT2D eigenvalue weighted by Crippen LogP contribution is 2.30. The number of hydrazine groups is 1. The number of carbonyl (C=O) groups is 2. The van der Waals surface area contributed by atoms with Gasteiger partial charge in [0.2, 0.25) is 0 Å². The molecule has 0 radical (unpaired) electrons. The van der Waals surface area contributed by atoms with E-state index in [0.717, 1.165) is 9.88 Å². The molecule has 3 rings (SSSR count). The van der Waals surface area contributed by atoms with Crippen LogP contribution in [0.1, 0.15) is 15.4 Å². The van der Waals surface area contributed by atoms with E-state index in [2.05, 4.69) is 21.2 Å². The minimum absolute atomic E-state index is 0.393. The van der Waals surface area contributed by atoms with Crippen molar-refractivity contribution >= 4 is 40.3 Å². The number of urea groups is 1. The monoisotopic (exact) mass is 358 g/mol. The molecule has 0 bridgehead atoms. The van der Waals surface area contributed by atoms with Crippen molar-refractivity contribution in [3.8, 4) is 9.88 Å². The molecule has 0 aliphatic rings. The predicted octanol–water partition coefficient (Wildman–Crippen LogP) is 3.65. The Morgan fingerprint density at radius 2 is 1.83 bits per heavy atom. The van der Waals surface area contributed by atoms with Crippen molar-refractivity contribution in [1.82, 2.24) is 15.8 Å². The van der Waals surface area contributed by atoms with Crippen LogP contribution in [0.5, 0.6) is 0 Å². The molecule has 3 aromatic rings. The summed E-state index contributed by atoms with van der Waals surface area (Å²) in [6.07, 6.45) is 0.